The number of amides is 2. The molecule has 6 heteroatoms. The van der Waals surface area contributed by atoms with Gasteiger partial charge in [0.05, 0.1) is 17.6 Å². The zero-order valence-electron chi connectivity index (χ0n) is 16.5. The smallest absolute Gasteiger partial charge is 0.308 e. The summed E-state index contributed by atoms with van der Waals surface area (Å²) in [5.74, 6) is 0. The molecule has 2 amide bonds. The number of fused-ring (bicyclic) bond motifs is 1. The van der Waals surface area contributed by atoms with E-state index in [-0.39, 0.29) is 6.03 Å². The van der Waals surface area contributed by atoms with Gasteiger partial charge in [-0.2, -0.15) is 5.10 Å². The molecule has 0 aliphatic carbocycles. The third kappa shape index (κ3) is 3.86. The number of carbonyl (C=O) groups excluding carboxylic acids is 1. The first-order valence-electron chi connectivity index (χ1n) is 9.88. The van der Waals surface area contributed by atoms with Crippen molar-refractivity contribution in [3.8, 4) is 22.4 Å². The molecule has 0 aliphatic heterocycles. The van der Waals surface area contributed by atoms with Crippen LogP contribution in [0.3, 0.4) is 0 Å². The number of H-pyrrole nitrogens is 1. The number of nitrogens with one attached hydrogen (secondary N) is 3. The van der Waals surface area contributed by atoms with Gasteiger partial charge in [0.2, 0.25) is 0 Å². The third-order valence-electron chi connectivity index (χ3n) is 5.08. The Hall–Kier alpha value is -4.45. The summed E-state index contributed by atoms with van der Waals surface area (Å²) in [6, 6.07) is 25.0. The Kier molecular flexibility index (Phi) is 4.86. The minimum Gasteiger partial charge on any atom is -0.308 e. The highest BCUT2D eigenvalue weighted by Gasteiger charge is 2.11. The quantitative estimate of drug-likeness (QED) is 0.346. The Balaban J connectivity index is 1.38. The molecule has 3 aromatic carbocycles. The SMILES string of the molecule is O=C(Nc1cccc(-c2[nH]ncc2-c2ccncc2)c1)Nc1cccc2ccccc12. The van der Waals surface area contributed by atoms with Crippen molar-refractivity contribution < 1.29 is 4.79 Å². The summed E-state index contributed by atoms with van der Waals surface area (Å²) in [4.78, 5) is 16.7. The zero-order chi connectivity index (χ0) is 21.0. The molecule has 31 heavy (non-hydrogen) atoms. The molecule has 0 fully saturated rings. The molecule has 0 radical (unpaired) electrons. The Morgan fingerprint density at radius 1 is 0.806 bits per heavy atom. The molecular weight excluding hydrogens is 386 g/mol. The van der Waals surface area contributed by atoms with E-state index in [0.717, 1.165) is 38.8 Å². The van der Waals surface area contributed by atoms with Gasteiger partial charge in [-0.25, -0.2) is 4.79 Å². The molecule has 0 saturated heterocycles. The van der Waals surface area contributed by atoms with Crippen molar-refractivity contribution in [3.05, 3.63) is 97.5 Å². The normalized spacial score (nSPS) is 10.7. The lowest BCUT2D eigenvalue weighted by Gasteiger charge is -2.11. The number of aromatic nitrogens is 3. The molecule has 0 atom stereocenters. The first kappa shape index (κ1) is 18.6. The maximum absolute atomic E-state index is 12.7. The van der Waals surface area contributed by atoms with Crippen LogP contribution in [-0.2, 0) is 0 Å². The number of aromatic amines is 1. The molecule has 2 aromatic heterocycles. The minimum absolute atomic E-state index is 0.299. The van der Waals surface area contributed by atoms with Crippen LogP contribution in [0.2, 0.25) is 0 Å². The Morgan fingerprint density at radius 3 is 2.52 bits per heavy atom. The second-order valence-electron chi connectivity index (χ2n) is 7.08. The number of pyridine rings is 1. The molecule has 3 N–H and O–H groups in total. The second kappa shape index (κ2) is 8.12. The van der Waals surface area contributed by atoms with E-state index in [1.807, 2.05) is 78.9 Å². The van der Waals surface area contributed by atoms with Gasteiger partial charge in [-0.3, -0.25) is 10.1 Å². The van der Waals surface area contributed by atoms with E-state index >= 15 is 0 Å². The standard InChI is InChI=1S/C25H19N5O/c31-25(29-23-10-4-6-17-5-1-2-9-21(17)23)28-20-8-3-7-19(15-20)24-22(16-27-30-24)18-11-13-26-14-12-18/h1-16H,(H,27,30)(H2,28,29,31). The number of rotatable bonds is 4. The molecule has 5 rings (SSSR count). The van der Waals surface area contributed by atoms with Gasteiger partial charge in [-0.1, -0.05) is 48.5 Å². The second-order valence-corrected chi connectivity index (χ2v) is 7.08. The fourth-order valence-corrected chi connectivity index (χ4v) is 3.63. The number of hydrogen-bond donors (Lipinski definition) is 3. The first-order valence-corrected chi connectivity index (χ1v) is 9.88. The largest absolute Gasteiger partial charge is 0.323 e. The van der Waals surface area contributed by atoms with E-state index in [4.69, 9.17) is 0 Å². The van der Waals surface area contributed by atoms with Gasteiger partial charge in [0.25, 0.3) is 0 Å². The van der Waals surface area contributed by atoms with Crippen LogP contribution >= 0.6 is 0 Å². The fraction of sp³-hybridized carbons (Fsp3) is 0. The molecule has 0 saturated carbocycles. The van der Waals surface area contributed by atoms with Crippen molar-refractivity contribution in [2.24, 2.45) is 0 Å². The van der Waals surface area contributed by atoms with Crippen LogP contribution < -0.4 is 10.6 Å². The molecule has 150 valence electrons. The molecule has 0 aliphatic rings. The lowest BCUT2D eigenvalue weighted by atomic mass is 10.0. The first-order chi connectivity index (χ1) is 15.3. The minimum atomic E-state index is -0.299. The Bertz CT molecular complexity index is 1360. The average molecular weight is 405 g/mol. The van der Waals surface area contributed by atoms with Crippen LogP contribution in [0.5, 0.6) is 0 Å². The van der Waals surface area contributed by atoms with Gasteiger partial charge < -0.3 is 10.6 Å². The predicted octanol–water partition coefficient (Wildman–Crippen LogP) is 5.94. The van der Waals surface area contributed by atoms with Crippen LogP contribution in [0, 0.1) is 0 Å². The molecule has 0 bridgehead atoms. The number of benzene rings is 3. The van der Waals surface area contributed by atoms with Gasteiger partial charge >= 0.3 is 6.03 Å². The number of carbonyl (C=O) groups is 1. The summed E-state index contributed by atoms with van der Waals surface area (Å²) in [6.07, 6.45) is 5.29. The molecule has 0 unspecified atom stereocenters. The highest BCUT2D eigenvalue weighted by atomic mass is 16.2. The van der Waals surface area contributed by atoms with E-state index in [2.05, 4.69) is 25.8 Å². The van der Waals surface area contributed by atoms with E-state index in [0.29, 0.717) is 5.69 Å². The van der Waals surface area contributed by atoms with Gasteiger partial charge in [-0.15, -0.1) is 0 Å². The van der Waals surface area contributed by atoms with Crippen LogP contribution in [0.25, 0.3) is 33.2 Å². The predicted molar refractivity (Wildman–Crippen MR) is 124 cm³/mol. The van der Waals surface area contributed by atoms with Crippen molar-refractivity contribution >= 4 is 28.2 Å². The summed E-state index contributed by atoms with van der Waals surface area (Å²) in [5, 5.41) is 15.2. The van der Waals surface area contributed by atoms with Gasteiger partial charge in [0.15, 0.2) is 0 Å². The summed E-state index contributed by atoms with van der Waals surface area (Å²) >= 11 is 0. The summed E-state index contributed by atoms with van der Waals surface area (Å²) in [7, 11) is 0. The van der Waals surface area contributed by atoms with Crippen molar-refractivity contribution in [1.29, 1.82) is 0 Å². The van der Waals surface area contributed by atoms with Gasteiger partial charge in [0.1, 0.15) is 0 Å². The van der Waals surface area contributed by atoms with Crippen LogP contribution in [-0.4, -0.2) is 21.2 Å². The number of urea groups is 1. The summed E-state index contributed by atoms with van der Waals surface area (Å²) < 4.78 is 0. The van der Waals surface area contributed by atoms with Crippen molar-refractivity contribution in [2.75, 3.05) is 10.6 Å². The van der Waals surface area contributed by atoms with Gasteiger partial charge in [0, 0.05) is 34.6 Å². The Labute approximate surface area is 179 Å². The monoisotopic (exact) mass is 405 g/mol. The van der Waals surface area contributed by atoms with E-state index < -0.39 is 0 Å². The number of nitrogens with zero attached hydrogens (tertiary/aromatic N) is 2. The van der Waals surface area contributed by atoms with E-state index in [1.54, 1.807) is 18.6 Å². The zero-order valence-corrected chi connectivity index (χ0v) is 16.5. The molecule has 2 heterocycles. The van der Waals surface area contributed by atoms with Crippen LogP contribution in [0.4, 0.5) is 16.2 Å². The van der Waals surface area contributed by atoms with Crippen molar-refractivity contribution in [3.63, 3.8) is 0 Å². The van der Waals surface area contributed by atoms with E-state index in [1.165, 1.54) is 0 Å². The molecule has 5 aromatic rings. The van der Waals surface area contributed by atoms with Gasteiger partial charge in [-0.05, 0) is 41.3 Å². The molecule has 0 spiro atoms. The lowest BCUT2D eigenvalue weighted by Crippen LogP contribution is -2.19. The summed E-state index contributed by atoms with van der Waals surface area (Å²) in [6.45, 7) is 0. The average Bonchev–Trinajstić information content (AvgIpc) is 3.30. The topological polar surface area (TPSA) is 82.7 Å². The van der Waals surface area contributed by atoms with Crippen molar-refractivity contribution in [1.82, 2.24) is 15.2 Å². The Morgan fingerprint density at radius 2 is 1.61 bits per heavy atom. The maximum atomic E-state index is 12.7. The lowest BCUT2D eigenvalue weighted by molar-refractivity contribution is 0.262. The third-order valence-corrected chi connectivity index (χ3v) is 5.08. The number of hydrogen-bond acceptors (Lipinski definition) is 3. The molecular formula is C25H19N5O. The fourth-order valence-electron chi connectivity index (χ4n) is 3.63. The highest BCUT2D eigenvalue weighted by Crippen LogP contribution is 2.31. The van der Waals surface area contributed by atoms with E-state index in [9.17, 15) is 4.79 Å². The highest BCUT2D eigenvalue weighted by molar-refractivity contribution is 6.06. The van der Waals surface area contributed by atoms with Crippen LogP contribution in [0.1, 0.15) is 0 Å². The maximum Gasteiger partial charge on any atom is 0.323 e. The molecule has 6 nitrogen and oxygen atoms in total. The number of anilines is 2. The summed E-state index contributed by atoms with van der Waals surface area (Å²) in [5.41, 5.74) is 5.24. The van der Waals surface area contributed by atoms with Crippen LogP contribution in [0.15, 0.2) is 97.5 Å². The van der Waals surface area contributed by atoms with Crippen molar-refractivity contribution in [2.45, 2.75) is 0 Å².